The number of rotatable bonds is 8. The van der Waals surface area contributed by atoms with Crippen LogP contribution in [0.1, 0.15) is 43.5 Å². The van der Waals surface area contributed by atoms with E-state index >= 15 is 0 Å². The van der Waals surface area contributed by atoms with Gasteiger partial charge in [0.1, 0.15) is 10.6 Å². The molecule has 1 aromatic rings. The van der Waals surface area contributed by atoms with Crippen LogP contribution >= 0.6 is 11.5 Å². The molecule has 0 aromatic carbocycles. The van der Waals surface area contributed by atoms with Crippen LogP contribution in [0.3, 0.4) is 0 Å². The third-order valence-corrected chi connectivity index (χ3v) is 4.53. The molecule has 1 saturated carbocycles. The summed E-state index contributed by atoms with van der Waals surface area (Å²) < 4.78 is 4.09. The molecule has 0 atom stereocenters. The van der Waals surface area contributed by atoms with Crippen LogP contribution in [0, 0.1) is 0 Å². The first-order chi connectivity index (χ1) is 9.99. The molecule has 1 aromatic heterocycles. The number of hydrogen-bond donors (Lipinski definition) is 3. The summed E-state index contributed by atoms with van der Waals surface area (Å²) in [6.45, 7) is 6.18. The van der Waals surface area contributed by atoms with Gasteiger partial charge in [-0.25, -0.2) is 0 Å². The Morgan fingerprint density at radius 1 is 1.52 bits per heavy atom. The molecule has 0 radical (unpaired) electrons. The number of nitrogen functional groups attached to an aromatic ring is 1. The van der Waals surface area contributed by atoms with E-state index in [4.69, 9.17) is 5.73 Å². The highest BCUT2D eigenvalue weighted by Crippen LogP contribution is 2.28. The van der Waals surface area contributed by atoms with Gasteiger partial charge in [0.2, 0.25) is 0 Å². The molecule has 0 bridgehead atoms. The lowest BCUT2D eigenvalue weighted by Crippen LogP contribution is -2.28. The monoisotopic (exact) mass is 311 g/mol. The molecule has 118 valence electrons. The number of carbonyl (C=O) groups excluding carboxylic acids is 1. The van der Waals surface area contributed by atoms with E-state index in [0.717, 1.165) is 37.4 Å². The smallest absolute Gasteiger partial charge is 0.258 e. The summed E-state index contributed by atoms with van der Waals surface area (Å²) >= 11 is 1.26. The van der Waals surface area contributed by atoms with Crippen LogP contribution in [0.4, 0.5) is 10.8 Å². The predicted octanol–water partition coefficient (Wildman–Crippen LogP) is 1.76. The van der Waals surface area contributed by atoms with Crippen LogP contribution in [0.25, 0.3) is 0 Å². The molecule has 1 amide bonds. The second-order valence-corrected chi connectivity index (χ2v) is 6.65. The lowest BCUT2D eigenvalue weighted by Gasteiger charge is -2.20. The Bertz CT molecular complexity index is 484. The minimum atomic E-state index is -0.106. The van der Waals surface area contributed by atoms with Gasteiger partial charge in [0, 0.05) is 18.6 Å². The van der Waals surface area contributed by atoms with Gasteiger partial charge >= 0.3 is 0 Å². The molecule has 1 aliphatic carbocycles. The first kappa shape index (κ1) is 16.0. The minimum absolute atomic E-state index is 0.106. The van der Waals surface area contributed by atoms with Crippen molar-refractivity contribution in [2.45, 2.75) is 45.2 Å². The highest BCUT2D eigenvalue weighted by molar-refractivity contribution is 7.11. The van der Waals surface area contributed by atoms with E-state index in [9.17, 15) is 4.79 Å². The van der Waals surface area contributed by atoms with Crippen LogP contribution < -0.4 is 16.4 Å². The quantitative estimate of drug-likeness (QED) is 0.637. The van der Waals surface area contributed by atoms with Crippen molar-refractivity contribution in [1.82, 2.24) is 14.6 Å². The molecule has 0 aliphatic heterocycles. The number of nitrogens with zero attached hydrogens (tertiary/aromatic N) is 2. The van der Waals surface area contributed by atoms with Gasteiger partial charge < -0.3 is 21.3 Å². The minimum Gasteiger partial charge on any atom is -0.382 e. The Kier molecular flexibility index (Phi) is 5.41. The van der Waals surface area contributed by atoms with Crippen LogP contribution in [-0.4, -0.2) is 47.4 Å². The zero-order chi connectivity index (χ0) is 15.4. The number of aromatic nitrogens is 1. The van der Waals surface area contributed by atoms with Crippen molar-refractivity contribution < 1.29 is 4.79 Å². The van der Waals surface area contributed by atoms with E-state index in [0.29, 0.717) is 23.5 Å². The van der Waals surface area contributed by atoms with Crippen LogP contribution in [-0.2, 0) is 0 Å². The number of anilines is 2. The third kappa shape index (κ3) is 4.57. The standard InChI is InChI=1S/C14H25N5OS/c1-9(2)19(3)8-4-7-16-14-11(12(15)18-21-14)13(20)17-10-5-6-10/h9-10,16H,4-8H2,1-3H3,(H2,15,18)(H,17,20). The highest BCUT2D eigenvalue weighted by atomic mass is 32.1. The maximum Gasteiger partial charge on any atom is 0.258 e. The van der Waals surface area contributed by atoms with E-state index in [1.165, 1.54) is 11.5 Å². The van der Waals surface area contributed by atoms with E-state index in [-0.39, 0.29) is 5.91 Å². The Labute approximate surface area is 130 Å². The van der Waals surface area contributed by atoms with Crippen LogP contribution in [0.15, 0.2) is 0 Å². The topological polar surface area (TPSA) is 83.3 Å². The molecule has 0 spiro atoms. The fourth-order valence-electron chi connectivity index (χ4n) is 1.92. The Morgan fingerprint density at radius 3 is 2.86 bits per heavy atom. The van der Waals surface area contributed by atoms with Gasteiger partial charge in [-0.05, 0) is 58.2 Å². The van der Waals surface area contributed by atoms with Crippen molar-refractivity contribution in [3.63, 3.8) is 0 Å². The summed E-state index contributed by atoms with van der Waals surface area (Å²) in [5.41, 5.74) is 6.32. The zero-order valence-corrected chi connectivity index (χ0v) is 13.8. The van der Waals surface area contributed by atoms with Crippen LogP contribution in [0.5, 0.6) is 0 Å². The van der Waals surface area contributed by atoms with Gasteiger partial charge in [0.15, 0.2) is 5.82 Å². The largest absolute Gasteiger partial charge is 0.382 e. The predicted molar refractivity (Wildman–Crippen MR) is 87.9 cm³/mol. The Morgan fingerprint density at radius 2 is 2.24 bits per heavy atom. The second kappa shape index (κ2) is 7.09. The second-order valence-electron chi connectivity index (χ2n) is 5.87. The van der Waals surface area contributed by atoms with Crippen LogP contribution in [0.2, 0.25) is 0 Å². The lowest BCUT2D eigenvalue weighted by molar-refractivity contribution is 0.0953. The zero-order valence-electron chi connectivity index (χ0n) is 13.0. The van der Waals surface area contributed by atoms with E-state index in [2.05, 4.69) is 40.8 Å². The summed E-state index contributed by atoms with van der Waals surface area (Å²) in [5, 5.41) is 7.03. The highest BCUT2D eigenvalue weighted by Gasteiger charge is 2.27. The number of nitrogens with two attached hydrogens (primary N) is 1. The van der Waals surface area contributed by atoms with Crippen molar-refractivity contribution in [3.8, 4) is 0 Å². The van der Waals surface area contributed by atoms with E-state index in [1.807, 2.05) is 0 Å². The fourth-order valence-corrected chi connectivity index (χ4v) is 2.65. The normalized spacial score (nSPS) is 14.7. The van der Waals surface area contributed by atoms with Gasteiger partial charge in [-0.2, -0.15) is 4.37 Å². The van der Waals surface area contributed by atoms with E-state index < -0.39 is 0 Å². The van der Waals surface area contributed by atoms with Crippen molar-refractivity contribution in [2.24, 2.45) is 0 Å². The Hall–Kier alpha value is -1.34. The number of amides is 1. The van der Waals surface area contributed by atoms with Gasteiger partial charge in [-0.3, -0.25) is 4.79 Å². The first-order valence-corrected chi connectivity index (χ1v) is 8.26. The molecule has 7 heteroatoms. The maximum atomic E-state index is 12.2. The van der Waals surface area contributed by atoms with Gasteiger partial charge in [0.25, 0.3) is 5.91 Å². The summed E-state index contributed by atoms with van der Waals surface area (Å²) in [5.74, 6) is 0.213. The molecule has 4 N–H and O–H groups in total. The van der Waals surface area contributed by atoms with Gasteiger partial charge in [-0.1, -0.05) is 0 Å². The number of carbonyl (C=O) groups is 1. The van der Waals surface area contributed by atoms with Crippen molar-refractivity contribution in [2.75, 3.05) is 31.2 Å². The molecule has 2 rings (SSSR count). The van der Waals surface area contributed by atoms with Crippen molar-refractivity contribution in [1.29, 1.82) is 0 Å². The number of nitrogens with one attached hydrogen (secondary N) is 2. The summed E-state index contributed by atoms with van der Waals surface area (Å²) in [6.07, 6.45) is 3.14. The van der Waals surface area contributed by atoms with Crippen molar-refractivity contribution in [3.05, 3.63) is 5.56 Å². The molecule has 1 aliphatic rings. The molecule has 1 fully saturated rings. The van der Waals surface area contributed by atoms with E-state index in [1.54, 1.807) is 0 Å². The summed E-state index contributed by atoms with van der Waals surface area (Å²) in [6, 6.07) is 0.869. The molecule has 21 heavy (non-hydrogen) atoms. The fraction of sp³-hybridized carbons (Fsp3) is 0.714. The lowest BCUT2D eigenvalue weighted by atomic mass is 10.2. The average molecular weight is 311 g/mol. The molecular weight excluding hydrogens is 286 g/mol. The Balaban J connectivity index is 1.84. The molecular formula is C14H25N5OS. The summed E-state index contributed by atoms with van der Waals surface area (Å²) in [7, 11) is 2.11. The number of hydrogen-bond acceptors (Lipinski definition) is 6. The summed E-state index contributed by atoms with van der Waals surface area (Å²) in [4.78, 5) is 14.5. The molecule has 6 nitrogen and oxygen atoms in total. The van der Waals surface area contributed by atoms with Gasteiger partial charge in [0.05, 0.1) is 0 Å². The van der Waals surface area contributed by atoms with Crippen molar-refractivity contribution >= 4 is 28.3 Å². The third-order valence-electron chi connectivity index (χ3n) is 3.71. The molecule has 1 heterocycles. The molecule has 0 unspecified atom stereocenters. The maximum absolute atomic E-state index is 12.2. The van der Waals surface area contributed by atoms with Gasteiger partial charge in [-0.15, -0.1) is 0 Å². The molecule has 0 saturated heterocycles. The average Bonchev–Trinajstić information content (AvgIpc) is 3.16. The first-order valence-electron chi connectivity index (χ1n) is 7.49. The SMILES string of the molecule is CC(C)N(C)CCCNc1snc(N)c1C(=O)NC1CC1.